The van der Waals surface area contributed by atoms with Gasteiger partial charge < -0.3 is 4.74 Å². The zero-order valence-electron chi connectivity index (χ0n) is 12.0. The quantitative estimate of drug-likeness (QED) is 0.456. The van der Waals surface area contributed by atoms with Crippen molar-refractivity contribution in [1.82, 2.24) is 0 Å². The second-order valence-corrected chi connectivity index (χ2v) is 5.27. The lowest BCUT2D eigenvalue weighted by molar-refractivity contribution is -0.384. The molecular formula is C18H12ClNO3. The lowest BCUT2D eigenvalue weighted by Crippen LogP contribution is -1.90. The van der Waals surface area contributed by atoms with E-state index >= 15 is 0 Å². The molecule has 0 atom stereocenters. The maximum Gasteiger partial charge on any atom is 0.271 e. The first kappa shape index (κ1) is 15.1. The van der Waals surface area contributed by atoms with Crippen LogP contribution >= 0.6 is 11.6 Å². The summed E-state index contributed by atoms with van der Waals surface area (Å²) in [5.74, 6) is 0.991. The van der Waals surface area contributed by atoms with Gasteiger partial charge in [-0.15, -0.1) is 0 Å². The standard InChI is InChI=1S/C18H12ClNO3/c19-17-12-15(20(21)22)8-11-18(17)23-16-9-6-14(7-10-16)13-4-2-1-3-5-13/h1-12H. The Hall–Kier alpha value is -2.85. The molecule has 0 unspecified atom stereocenters. The SMILES string of the molecule is O=[N+]([O-])c1ccc(Oc2ccc(-c3ccccc3)cc2)c(Cl)c1. The lowest BCUT2D eigenvalue weighted by atomic mass is 10.1. The topological polar surface area (TPSA) is 52.4 Å². The maximum atomic E-state index is 10.7. The summed E-state index contributed by atoms with van der Waals surface area (Å²) >= 11 is 6.02. The van der Waals surface area contributed by atoms with Gasteiger partial charge in [0.1, 0.15) is 11.5 Å². The van der Waals surface area contributed by atoms with E-state index in [4.69, 9.17) is 16.3 Å². The van der Waals surface area contributed by atoms with Crippen LogP contribution in [0.4, 0.5) is 5.69 Å². The van der Waals surface area contributed by atoms with Crippen LogP contribution in [0.2, 0.25) is 5.02 Å². The summed E-state index contributed by atoms with van der Waals surface area (Å²) < 4.78 is 5.68. The molecule has 0 radical (unpaired) electrons. The van der Waals surface area contributed by atoms with Crippen molar-refractivity contribution in [2.75, 3.05) is 0 Å². The van der Waals surface area contributed by atoms with Crippen molar-refractivity contribution in [3.63, 3.8) is 0 Å². The molecule has 0 saturated carbocycles. The highest BCUT2D eigenvalue weighted by Gasteiger charge is 2.11. The molecule has 0 heterocycles. The third kappa shape index (κ3) is 3.49. The third-order valence-corrected chi connectivity index (χ3v) is 3.61. The molecule has 0 amide bonds. The van der Waals surface area contributed by atoms with Crippen LogP contribution in [0, 0.1) is 10.1 Å². The Kier molecular flexibility index (Phi) is 4.26. The van der Waals surface area contributed by atoms with Crippen molar-refractivity contribution in [3.05, 3.63) is 87.9 Å². The van der Waals surface area contributed by atoms with E-state index in [-0.39, 0.29) is 10.7 Å². The monoisotopic (exact) mass is 325 g/mol. The molecule has 0 aromatic heterocycles. The third-order valence-electron chi connectivity index (χ3n) is 3.32. The first-order chi connectivity index (χ1) is 11.1. The molecule has 23 heavy (non-hydrogen) atoms. The number of hydrogen-bond donors (Lipinski definition) is 0. The highest BCUT2D eigenvalue weighted by atomic mass is 35.5. The minimum Gasteiger partial charge on any atom is -0.456 e. The van der Waals surface area contributed by atoms with E-state index in [1.165, 1.54) is 18.2 Å². The van der Waals surface area contributed by atoms with E-state index in [0.717, 1.165) is 11.1 Å². The summed E-state index contributed by atoms with van der Waals surface area (Å²) in [4.78, 5) is 10.2. The number of nitro groups is 1. The minimum absolute atomic E-state index is 0.0678. The van der Waals surface area contributed by atoms with Gasteiger partial charge in [-0.3, -0.25) is 10.1 Å². The molecule has 0 bridgehead atoms. The van der Waals surface area contributed by atoms with Crippen LogP contribution in [0.25, 0.3) is 11.1 Å². The van der Waals surface area contributed by atoms with Gasteiger partial charge >= 0.3 is 0 Å². The molecule has 5 heteroatoms. The summed E-state index contributed by atoms with van der Waals surface area (Å²) in [6.07, 6.45) is 0. The van der Waals surface area contributed by atoms with Crippen molar-refractivity contribution in [1.29, 1.82) is 0 Å². The molecule has 4 nitrogen and oxygen atoms in total. The molecule has 0 aliphatic heterocycles. The number of halogens is 1. The number of nitro benzene ring substituents is 1. The Bertz CT molecular complexity index is 833. The first-order valence-corrected chi connectivity index (χ1v) is 7.28. The second kappa shape index (κ2) is 6.50. The number of rotatable bonds is 4. The van der Waals surface area contributed by atoms with E-state index in [2.05, 4.69) is 0 Å². The van der Waals surface area contributed by atoms with E-state index in [1.807, 2.05) is 54.6 Å². The molecule has 3 aromatic rings. The van der Waals surface area contributed by atoms with Crippen LogP contribution in [0.3, 0.4) is 0 Å². The largest absolute Gasteiger partial charge is 0.456 e. The second-order valence-electron chi connectivity index (χ2n) is 4.86. The molecule has 0 N–H and O–H groups in total. The molecule has 3 rings (SSSR count). The lowest BCUT2D eigenvalue weighted by Gasteiger charge is -2.08. The van der Waals surface area contributed by atoms with E-state index < -0.39 is 4.92 Å². The maximum absolute atomic E-state index is 10.7. The number of non-ortho nitro benzene ring substituents is 1. The first-order valence-electron chi connectivity index (χ1n) is 6.91. The van der Waals surface area contributed by atoms with Crippen LogP contribution in [-0.4, -0.2) is 4.92 Å². The molecule has 3 aromatic carbocycles. The van der Waals surface area contributed by atoms with Crippen LogP contribution in [-0.2, 0) is 0 Å². The molecular weight excluding hydrogens is 314 g/mol. The smallest absolute Gasteiger partial charge is 0.271 e. The zero-order valence-corrected chi connectivity index (χ0v) is 12.7. The van der Waals surface area contributed by atoms with Crippen molar-refractivity contribution < 1.29 is 9.66 Å². The molecule has 0 fully saturated rings. The summed E-state index contributed by atoms with van der Waals surface area (Å²) in [5.41, 5.74) is 2.13. The van der Waals surface area contributed by atoms with Crippen molar-refractivity contribution in [2.45, 2.75) is 0 Å². The Balaban J connectivity index is 1.80. The summed E-state index contributed by atoms with van der Waals surface area (Å²) in [6.45, 7) is 0. The van der Waals surface area contributed by atoms with Gasteiger partial charge in [-0.2, -0.15) is 0 Å². The van der Waals surface area contributed by atoms with Gasteiger partial charge in [0.2, 0.25) is 0 Å². The fourth-order valence-corrected chi connectivity index (χ4v) is 2.37. The molecule has 0 spiro atoms. The van der Waals surface area contributed by atoms with Gasteiger partial charge in [-0.25, -0.2) is 0 Å². The Morgan fingerprint density at radius 3 is 2.13 bits per heavy atom. The molecule has 0 aliphatic rings. The van der Waals surface area contributed by atoms with E-state index in [9.17, 15) is 10.1 Å². The molecule has 0 saturated heterocycles. The summed E-state index contributed by atoms with van der Waals surface area (Å²) in [6, 6.07) is 21.7. The fraction of sp³-hybridized carbons (Fsp3) is 0. The van der Waals surface area contributed by atoms with Crippen molar-refractivity contribution in [2.24, 2.45) is 0 Å². The summed E-state index contributed by atoms with van der Waals surface area (Å²) in [5, 5.41) is 10.9. The predicted octanol–water partition coefficient (Wildman–Crippen LogP) is 5.71. The van der Waals surface area contributed by atoms with Crippen LogP contribution < -0.4 is 4.74 Å². The number of benzene rings is 3. The summed E-state index contributed by atoms with van der Waals surface area (Å²) in [7, 11) is 0. The Morgan fingerprint density at radius 1 is 0.870 bits per heavy atom. The average Bonchev–Trinajstić information content (AvgIpc) is 2.58. The van der Waals surface area contributed by atoms with Gasteiger partial charge in [0, 0.05) is 12.1 Å². The van der Waals surface area contributed by atoms with Gasteiger partial charge in [-0.1, -0.05) is 54.1 Å². The fourth-order valence-electron chi connectivity index (χ4n) is 2.16. The zero-order chi connectivity index (χ0) is 16.2. The van der Waals surface area contributed by atoms with Gasteiger partial charge in [0.15, 0.2) is 0 Å². The van der Waals surface area contributed by atoms with Gasteiger partial charge in [0.05, 0.1) is 9.95 Å². The number of nitrogens with zero attached hydrogens (tertiary/aromatic N) is 1. The van der Waals surface area contributed by atoms with Crippen molar-refractivity contribution >= 4 is 17.3 Å². The normalized spacial score (nSPS) is 10.3. The predicted molar refractivity (Wildman–Crippen MR) is 90.1 cm³/mol. The number of hydrogen-bond acceptors (Lipinski definition) is 3. The van der Waals surface area contributed by atoms with Crippen LogP contribution in [0.15, 0.2) is 72.8 Å². The number of ether oxygens (including phenoxy) is 1. The molecule has 0 aliphatic carbocycles. The average molecular weight is 326 g/mol. The highest BCUT2D eigenvalue weighted by Crippen LogP contribution is 2.33. The highest BCUT2D eigenvalue weighted by molar-refractivity contribution is 6.32. The molecule has 114 valence electrons. The van der Waals surface area contributed by atoms with E-state index in [1.54, 1.807) is 0 Å². The minimum atomic E-state index is -0.496. The van der Waals surface area contributed by atoms with Gasteiger partial charge in [0.25, 0.3) is 5.69 Å². The Labute approximate surface area is 138 Å². The van der Waals surface area contributed by atoms with Gasteiger partial charge in [-0.05, 0) is 29.3 Å². The van der Waals surface area contributed by atoms with Crippen LogP contribution in [0.5, 0.6) is 11.5 Å². The van der Waals surface area contributed by atoms with Crippen LogP contribution in [0.1, 0.15) is 0 Å². The van der Waals surface area contributed by atoms with E-state index in [0.29, 0.717) is 11.5 Å². The van der Waals surface area contributed by atoms with Crippen molar-refractivity contribution in [3.8, 4) is 22.6 Å². The Morgan fingerprint density at radius 2 is 1.52 bits per heavy atom.